The van der Waals surface area contributed by atoms with E-state index in [0.717, 1.165) is 20.9 Å². The number of hydrogen-bond acceptors (Lipinski definition) is 8. The molecule has 0 aliphatic carbocycles. The smallest absolute Gasteiger partial charge is 0.311 e. The Morgan fingerprint density at radius 3 is 1.33 bits per heavy atom. The molecule has 0 saturated carbocycles. The fourth-order valence-corrected chi connectivity index (χ4v) is 5.14. The molecule has 0 atom stereocenters. The Hall–Kier alpha value is -4.02. The molecule has 4 aromatic rings. The van der Waals surface area contributed by atoms with Crippen LogP contribution in [0.3, 0.4) is 0 Å². The Morgan fingerprint density at radius 2 is 0.972 bits per heavy atom. The minimum atomic E-state index is -0.478. The van der Waals surface area contributed by atoms with Gasteiger partial charge < -0.3 is 9.47 Å². The summed E-state index contributed by atoms with van der Waals surface area (Å²) in [6, 6.07) is 28.1. The van der Waals surface area contributed by atoms with E-state index in [2.05, 4.69) is 0 Å². The van der Waals surface area contributed by atoms with Crippen molar-refractivity contribution in [3.05, 3.63) is 128 Å². The first-order chi connectivity index (χ1) is 17.5. The number of nitro groups is 2. The van der Waals surface area contributed by atoms with Crippen molar-refractivity contribution in [3.63, 3.8) is 0 Å². The lowest BCUT2D eigenvalue weighted by Gasteiger charge is -2.10. The first-order valence-corrected chi connectivity index (χ1v) is 12.9. The summed E-state index contributed by atoms with van der Waals surface area (Å²) in [4.78, 5) is 23.4. The molecule has 0 spiro atoms. The SMILES string of the molecule is O=[N+]([O-])c1ccc(SSc2ccc([N+](=O)[O-])c(OCc3ccccc3)c2)cc1OCc1ccccc1. The summed E-state index contributed by atoms with van der Waals surface area (Å²) in [6.07, 6.45) is 0. The normalized spacial score (nSPS) is 10.6. The van der Waals surface area contributed by atoms with Gasteiger partial charge in [0.25, 0.3) is 0 Å². The van der Waals surface area contributed by atoms with Crippen molar-refractivity contribution < 1.29 is 19.3 Å². The number of ether oxygens (including phenoxy) is 2. The van der Waals surface area contributed by atoms with E-state index >= 15 is 0 Å². The van der Waals surface area contributed by atoms with E-state index in [4.69, 9.17) is 9.47 Å². The van der Waals surface area contributed by atoms with Crippen LogP contribution in [0.5, 0.6) is 11.5 Å². The van der Waals surface area contributed by atoms with Crippen molar-refractivity contribution in [2.24, 2.45) is 0 Å². The molecule has 10 heteroatoms. The third-order valence-corrected chi connectivity index (χ3v) is 7.35. The maximum Gasteiger partial charge on any atom is 0.311 e. The number of benzene rings is 4. The first-order valence-electron chi connectivity index (χ1n) is 10.7. The van der Waals surface area contributed by atoms with Gasteiger partial charge in [0.1, 0.15) is 13.2 Å². The molecule has 0 saturated heterocycles. The van der Waals surface area contributed by atoms with E-state index in [-0.39, 0.29) is 36.1 Å². The third kappa shape index (κ3) is 6.77. The zero-order chi connectivity index (χ0) is 25.3. The van der Waals surface area contributed by atoms with Gasteiger partial charge in [-0.05, 0) is 23.3 Å². The van der Waals surface area contributed by atoms with Crippen LogP contribution in [0.2, 0.25) is 0 Å². The van der Waals surface area contributed by atoms with E-state index in [1.807, 2.05) is 60.7 Å². The summed E-state index contributed by atoms with van der Waals surface area (Å²) in [5, 5.41) is 22.9. The molecule has 4 aromatic carbocycles. The fraction of sp³-hybridized carbons (Fsp3) is 0.0769. The van der Waals surface area contributed by atoms with Crippen molar-refractivity contribution in [1.82, 2.24) is 0 Å². The lowest BCUT2D eigenvalue weighted by molar-refractivity contribution is -0.386. The molecule has 0 N–H and O–H groups in total. The third-order valence-electron chi connectivity index (χ3n) is 4.96. The molecule has 0 aliphatic heterocycles. The number of nitro benzene ring substituents is 2. The van der Waals surface area contributed by atoms with E-state index in [9.17, 15) is 20.2 Å². The second-order valence-electron chi connectivity index (χ2n) is 7.49. The minimum Gasteiger partial charge on any atom is -0.482 e. The Balaban J connectivity index is 1.47. The van der Waals surface area contributed by atoms with Crippen molar-refractivity contribution in [1.29, 1.82) is 0 Å². The summed E-state index contributed by atoms with van der Waals surface area (Å²) in [7, 11) is 2.71. The van der Waals surface area contributed by atoms with Gasteiger partial charge in [-0.3, -0.25) is 20.2 Å². The Labute approximate surface area is 215 Å². The van der Waals surface area contributed by atoms with Crippen LogP contribution in [0.25, 0.3) is 0 Å². The highest BCUT2D eigenvalue weighted by molar-refractivity contribution is 8.76. The Kier molecular flexibility index (Phi) is 8.43. The monoisotopic (exact) mass is 520 g/mol. The van der Waals surface area contributed by atoms with Gasteiger partial charge in [-0.2, -0.15) is 0 Å². The van der Waals surface area contributed by atoms with Crippen LogP contribution in [0.15, 0.2) is 107 Å². The number of hydrogen-bond donors (Lipinski definition) is 0. The molecule has 0 aliphatic rings. The first kappa shape index (κ1) is 25.1. The largest absolute Gasteiger partial charge is 0.482 e. The predicted molar refractivity (Wildman–Crippen MR) is 139 cm³/mol. The van der Waals surface area contributed by atoms with Gasteiger partial charge in [0, 0.05) is 34.1 Å². The van der Waals surface area contributed by atoms with E-state index < -0.39 is 9.85 Å². The molecule has 36 heavy (non-hydrogen) atoms. The van der Waals surface area contributed by atoms with Crippen LogP contribution < -0.4 is 9.47 Å². The molecule has 0 fully saturated rings. The predicted octanol–water partition coefficient (Wildman–Crippen LogP) is 7.46. The second-order valence-corrected chi connectivity index (χ2v) is 9.76. The lowest BCUT2D eigenvalue weighted by Crippen LogP contribution is -1.99. The molecule has 8 nitrogen and oxygen atoms in total. The van der Waals surface area contributed by atoms with Crippen LogP contribution in [0.4, 0.5) is 11.4 Å². The minimum absolute atomic E-state index is 0.118. The average molecular weight is 521 g/mol. The highest BCUT2D eigenvalue weighted by Crippen LogP contribution is 2.43. The summed E-state index contributed by atoms with van der Waals surface area (Å²) in [5.74, 6) is 0.343. The molecule has 0 unspecified atom stereocenters. The summed E-state index contributed by atoms with van der Waals surface area (Å²) in [5.41, 5.74) is 1.56. The van der Waals surface area contributed by atoms with E-state index in [1.165, 1.54) is 33.7 Å². The Bertz CT molecular complexity index is 1250. The Morgan fingerprint density at radius 1 is 0.583 bits per heavy atom. The van der Waals surface area contributed by atoms with Crippen LogP contribution in [0, 0.1) is 20.2 Å². The van der Waals surface area contributed by atoms with Gasteiger partial charge >= 0.3 is 11.4 Å². The van der Waals surface area contributed by atoms with Crippen molar-refractivity contribution in [3.8, 4) is 11.5 Å². The van der Waals surface area contributed by atoms with Gasteiger partial charge in [0.15, 0.2) is 11.5 Å². The molecule has 0 amide bonds. The molecule has 0 bridgehead atoms. The number of nitrogens with zero attached hydrogens (tertiary/aromatic N) is 2. The molecular formula is C26H20N2O6S2. The molecule has 0 heterocycles. The lowest BCUT2D eigenvalue weighted by atomic mass is 10.2. The molecule has 4 rings (SSSR count). The molecular weight excluding hydrogens is 500 g/mol. The highest BCUT2D eigenvalue weighted by atomic mass is 33.1. The van der Waals surface area contributed by atoms with Gasteiger partial charge in [-0.15, -0.1) is 0 Å². The van der Waals surface area contributed by atoms with Gasteiger partial charge in [-0.25, -0.2) is 0 Å². The summed E-state index contributed by atoms with van der Waals surface area (Å²) >= 11 is 0. The highest BCUT2D eigenvalue weighted by Gasteiger charge is 2.18. The van der Waals surface area contributed by atoms with E-state index in [0.29, 0.717) is 0 Å². The van der Waals surface area contributed by atoms with Crippen molar-refractivity contribution in [2.75, 3.05) is 0 Å². The molecule has 0 radical (unpaired) electrons. The quantitative estimate of drug-likeness (QED) is 0.114. The zero-order valence-corrected chi connectivity index (χ0v) is 20.4. The molecule has 0 aromatic heterocycles. The molecule has 182 valence electrons. The van der Waals surface area contributed by atoms with Crippen LogP contribution >= 0.6 is 21.6 Å². The maximum atomic E-state index is 11.5. The summed E-state index contributed by atoms with van der Waals surface area (Å²) < 4.78 is 11.5. The van der Waals surface area contributed by atoms with Crippen molar-refractivity contribution >= 4 is 33.0 Å². The average Bonchev–Trinajstić information content (AvgIpc) is 2.90. The van der Waals surface area contributed by atoms with E-state index in [1.54, 1.807) is 24.3 Å². The van der Waals surface area contributed by atoms with Crippen LogP contribution in [-0.4, -0.2) is 9.85 Å². The number of rotatable bonds is 11. The zero-order valence-electron chi connectivity index (χ0n) is 18.8. The van der Waals surface area contributed by atoms with Crippen LogP contribution in [-0.2, 0) is 13.2 Å². The summed E-state index contributed by atoms with van der Waals surface area (Å²) in [6.45, 7) is 0.404. The van der Waals surface area contributed by atoms with Gasteiger partial charge in [0.05, 0.1) is 9.85 Å². The fourth-order valence-electron chi connectivity index (χ4n) is 3.19. The van der Waals surface area contributed by atoms with Crippen LogP contribution in [0.1, 0.15) is 11.1 Å². The van der Waals surface area contributed by atoms with Gasteiger partial charge in [0.2, 0.25) is 0 Å². The standard InChI is InChI=1S/C26H20N2O6S2/c29-27(30)23-13-11-21(15-25(23)33-17-19-7-3-1-4-8-19)35-36-22-12-14-24(28(31)32)26(16-22)34-18-20-9-5-2-6-10-20/h1-16H,17-18H2. The van der Waals surface area contributed by atoms with Crippen molar-refractivity contribution in [2.45, 2.75) is 23.0 Å². The maximum absolute atomic E-state index is 11.5. The second kappa shape index (κ2) is 12.1. The van der Waals surface area contributed by atoms with Gasteiger partial charge in [-0.1, -0.05) is 82.3 Å². The topological polar surface area (TPSA) is 105 Å².